The molecule has 0 spiro atoms. The lowest BCUT2D eigenvalue weighted by Crippen LogP contribution is -2.13. The maximum Gasteiger partial charge on any atom is 0.433 e. The molecular formula is C6H8N2O4. The predicted molar refractivity (Wildman–Crippen MR) is 39.4 cm³/mol. The molecule has 0 bridgehead atoms. The van der Waals surface area contributed by atoms with E-state index in [1.54, 1.807) is 0 Å². The van der Waals surface area contributed by atoms with E-state index < -0.39 is 11.0 Å². The van der Waals surface area contributed by atoms with Crippen LogP contribution < -0.4 is 5.73 Å². The Balaban J connectivity index is 2.84. The first-order chi connectivity index (χ1) is 5.65. The number of nitrogens with two attached hydrogens (primary N) is 1. The van der Waals surface area contributed by atoms with Gasteiger partial charge in [-0.25, -0.2) is 0 Å². The van der Waals surface area contributed by atoms with Gasteiger partial charge in [0.25, 0.3) is 0 Å². The quantitative estimate of drug-likeness (QED) is 0.500. The molecule has 1 rings (SSSR count). The Bertz CT molecular complexity index is 283. The molecule has 0 aliphatic heterocycles. The second-order valence-corrected chi connectivity index (χ2v) is 2.22. The lowest BCUT2D eigenvalue weighted by Gasteiger charge is -2.00. The zero-order chi connectivity index (χ0) is 9.14. The van der Waals surface area contributed by atoms with Crippen LogP contribution in [0.15, 0.2) is 16.5 Å². The third-order valence-corrected chi connectivity index (χ3v) is 1.35. The van der Waals surface area contributed by atoms with Crippen LogP contribution in [-0.4, -0.2) is 16.6 Å². The highest BCUT2D eigenvalue weighted by Crippen LogP contribution is 2.19. The van der Waals surface area contributed by atoms with E-state index in [-0.39, 0.29) is 18.3 Å². The fourth-order valence-electron chi connectivity index (χ4n) is 0.730. The van der Waals surface area contributed by atoms with Crippen molar-refractivity contribution in [2.75, 3.05) is 6.61 Å². The normalized spacial score (nSPS) is 12.8. The first kappa shape index (κ1) is 8.69. The minimum absolute atomic E-state index is 0.212. The summed E-state index contributed by atoms with van der Waals surface area (Å²) in [6.45, 7) is -0.301. The summed E-state index contributed by atoms with van der Waals surface area (Å²) in [6.07, 6.45) is 0. The molecule has 3 N–H and O–H groups in total. The predicted octanol–water partition coefficient (Wildman–Crippen LogP) is 0.180. The highest BCUT2D eigenvalue weighted by Gasteiger charge is 2.15. The maximum atomic E-state index is 10.1. The molecule has 0 radical (unpaired) electrons. The molecule has 0 unspecified atom stereocenters. The van der Waals surface area contributed by atoms with Gasteiger partial charge < -0.3 is 15.3 Å². The zero-order valence-corrected chi connectivity index (χ0v) is 6.14. The van der Waals surface area contributed by atoms with Crippen molar-refractivity contribution in [1.29, 1.82) is 0 Å². The van der Waals surface area contributed by atoms with Gasteiger partial charge in [-0.15, -0.1) is 0 Å². The molecule has 1 aromatic heterocycles. The number of aliphatic hydroxyl groups excluding tert-OH is 1. The first-order valence-corrected chi connectivity index (χ1v) is 3.25. The first-order valence-electron chi connectivity index (χ1n) is 3.25. The number of aliphatic hydroxyl groups is 1. The molecule has 1 aromatic rings. The van der Waals surface area contributed by atoms with E-state index in [0.29, 0.717) is 0 Å². The van der Waals surface area contributed by atoms with E-state index in [0.717, 1.165) is 0 Å². The summed E-state index contributed by atoms with van der Waals surface area (Å²) in [4.78, 5) is 9.47. The summed E-state index contributed by atoms with van der Waals surface area (Å²) >= 11 is 0. The second-order valence-electron chi connectivity index (χ2n) is 2.22. The van der Waals surface area contributed by atoms with Crippen molar-refractivity contribution in [3.05, 3.63) is 28.0 Å². The van der Waals surface area contributed by atoms with Gasteiger partial charge in [-0.3, -0.25) is 10.1 Å². The van der Waals surface area contributed by atoms with E-state index in [4.69, 9.17) is 15.3 Å². The van der Waals surface area contributed by atoms with Gasteiger partial charge in [0.2, 0.25) is 0 Å². The molecular weight excluding hydrogens is 164 g/mol. The maximum absolute atomic E-state index is 10.1. The van der Waals surface area contributed by atoms with Gasteiger partial charge in [-0.05, 0) is 6.07 Å². The van der Waals surface area contributed by atoms with Crippen molar-refractivity contribution in [3.8, 4) is 0 Å². The molecule has 1 heterocycles. The molecule has 0 aromatic carbocycles. The van der Waals surface area contributed by atoms with Crippen molar-refractivity contribution >= 4 is 5.88 Å². The topological polar surface area (TPSA) is 103 Å². The summed E-state index contributed by atoms with van der Waals surface area (Å²) in [6, 6.07) is 1.88. The van der Waals surface area contributed by atoms with Gasteiger partial charge in [-0.2, -0.15) is 0 Å². The summed E-state index contributed by atoms with van der Waals surface area (Å²) in [5, 5.41) is 18.7. The van der Waals surface area contributed by atoms with E-state index in [1.807, 2.05) is 0 Å². The van der Waals surface area contributed by atoms with E-state index in [2.05, 4.69) is 0 Å². The van der Waals surface area contributed by atoms with Gasteiger partial charge in [0.05, 0.1) is 18.7 Å². The SMILES string of the molecule is N[C@@H](CO)c1ccc([N+](=O)[O-])o1. The Labute approximate surface area is 67.7 Å². The third kappa shape index (κ3) is 1.60. The van der Waals surface area contributed by atoms with Crippen molar-refractivity contribution in [3.63, 3.8) is 0 Å². The molecule has 66 valence electrons. The van der Waals surface area contributed by atoms with Crippen LogP contribution in [0.1, 0.15) is 11.8 Å². The van der Waals surface area contributed by atoms with Crippen LogP contribution in [0.5, 0.6) is 0 Å². The minimum Gasteiger partial charge on any atom is -0.404 e. The molecule has 0 saturated heterocycles. The second kappa shape index (κ2) is 3.33. The number of hydrogen-bond donors (Lipinski definition) is 2. The average Bonchev–Trinajstić information content (AvgIpc) is 2.51. The van der Waals surface area contributed by atoms with Crippen LogP contribution in [0.25, 0.3) is 0 Å². The highest BCUT2D eigenvalue weighted by atomic mass is 16.6. The van der Waals surface area contributed by atoms with Gasteiger partial charge in [-0.1, -0.05) is 0 Å². The molecule has 0 fully saturated rings. The Hall–Kier alpha value is -1.40. The minimum atomic E-state index is -0.696. The summed E-state index contributed by atoms with van der Waals surface area (Å²) in [7, 11) is 0. The van der Waals surface area contributed by atoms with Crippen LogP contribution in [0.2, 0.25) is 0 Å². The van der Waals surface area contributed by atoms with Crippen LogP contribution in [-0.2, 0) is 0 Å². The number of furan rings is 1. The number of hydrogen-bond acceptors (Lipinski definition) is 5. The van der Waals surface area contributed by atoms with Crippen molar-refractivity contribution < 1.29 is 14.4 Å². The molecule has 6 heteroatoms. The summed E-state index contributed by atoms with van der Waals surface area (Å²) in [5.74, 6) is -0.155. The lowest BCUT2D eigenvalue weighted by atomic mass is 10.2. The molecule has 0 saturated carbocycles. The Kier molecular flexibility index (Phi) is 2.41. The Morgan fingerprint density at radius 2 is 2.42 bits per heavy atom. The van der Waals surface area contributed by atoms with Crippen LogP contribution >= 0.6 is 0 Å². The molecule has 1 atom stereocenters. The third-order valence-electron chi connectivity index (χ3n) is 1.35. The van der Waals surface area contributed by atoms with Gasteiger partial charge >= 0.3 is 5.88 Å². The molecule has 0 aliphatic rings. The van der Waals surface area contributed by atoms with Crippen molar-refractivity contribution in [1.82, 2.24) is 0 Å². The molecule has 6 nitrogen and oxygen atoms in total. The Morgan fingerprint density at radius 1 is 1.75 bits per heavy atom. The Morgan fingerprint density at radius 3 is 2.83 bits per heavy atom. The number of rotatable bonds is 3. The monoisotopic (exact) mass is 172 g/mol. The standard InChI is InChI=1S/C6H8N2O4/c7-4(3-9)5-1-2-6(12-5)8(10)11/h1-2,4,9H,3,7H2/t4-/m0/s1. The number of nitro groups is 1. The van der Waals surface area contributed by atoms with E-state index in [9.17, 15) is 10.1 Å². The van der Waals surface area contributed by atoms with Gasteiger partial charge in [0, 0.05) is 0 Å². The summed E-state index contributed by atoms with van der Waals surface area (Å²) in [5.41, 5.74) is 5.34. The molecule has 0 aliphatic carbocycles. The van der Waals surface area contributed by atoms with Crippen LogP contribution in [0.4, 0.5) is 5.88 Å². The van der Waals surface area contributed by atoms with Crippen molar-refractivity contribution in [2.24, 2.45) is 5.73 Å². The summed E-state index contributed by atoms with van der Waals surface area (Å²) < 4.78 is 4.71. The average molecular weight is 172 g/mol. The lowest BCUT2D eigenvalue weighted by molar-refractivity contribution is -0.402. The van der Waals surface area contributed by atoms with Crippen molar-refractivity contribution in [2.45, 2.75) is 6.04 Å². The van der Waals surface area contributed by atoms with E-state index in [1.165, 1.54) is 12.1 Å². The van der Waals surface area contributed by atoms with Crippen LogP contribution in [0.3, 0.4) is 0 Å². The molecule has 0 amide bonds. The van der Waals surface area contributed by atoms with E-state index >= 15 is 0 Å². The van der Waals surface area contributed by atoms with Gasteiger partial charge in [0.15, 0.2) is 0 Å². The molecule has 12 heavy (non-hydrogen) atoms. The highest BCUT2D eigenvalue weighted by molar-refractivity contribution is 5.19. The fraction of sp³-hybridized carbons (Fsp3) is 0.333. The zero-order valence-electron chi connectivity index (χ0n) is 6.14. The smallest absolute Gasteiger partial charge is 0.404 e. The largest absolute Gasteiger partial charge is 0.433 e. The van der Waals surface area contributed by atoms with Crippen LogP contribution in [0, 0.1) is 10.1 Å². The van der Waals surface area contributed by atoms with Gasteiger partial charge in [0.1, 0.15) is 10.7 Å². The fourth-order valence-corrected chi connectivity index (χ4v) is 0.730. The number of nitrogens with zero attached hydrogens (tertiary/aromatic N) is 1.